The molecule has 4 aromatic rings. The number of likely N-dealkylation sites (tertiary alicyclic amines) is 1. The summed E-state index contributed by atoms with van der Waals surface area (Å²) in [4.78, 5) is 23.5. The summed E-state index contributed by atoms with van der Waals surface area (Å²) in [5, 5.41) is 0. The van der Waals surface area contributed by atoms with E-state index in [4.69, 9.17) is 9.15 Å². The Morgan fingerprint density at radius 3 is 2.63 bits per heavy atom. The molecular weight excluding hydrogens is 473 g/mol. The third-order valence-electron chi connectivity index (χ3n) is 6.52. The van der Waals surface area contributed by atoms with Crippen LogP contribution in [0.2, 0.25) is 0 Å². The van der Waals surface area contributed by atoms with Crippen LogP contribution in [0.3, 0.4) is 0 Å². The molecule has 0 radical (unpaired) electrons. The van der Waals surface area contributed by atoms with Crippen LogP contribution in [0.25, 0.3) is 33.7 Å². The highest BCUT2D eigenvalue weighted by molar-refractivity contribution is 7.90. The predicted octanol–water partition coefficient (Wildman–Crippen LogP) is 3.71. The second-order valence-corrected chi connectivity index (χ2v) is 10.8. The zero-order chi connectivity index (χ0) is 24.3. The van der Waals surface area contributed by atoms with E-state index in [-0.39, 0.29) is 45.4 Å². The number of morpholine rings is 1. The van der Waals surface area contributed by atoms with Gasteiger partial charge in [-0.05, 0) is 42.8 Å². The molecule has 0 saturated carbocycles. The molecule has 2 atom stereocenters. The summed E-state index contributed by atoms with van der Waals surface area (Å²) in [6.45, 7) is 0.940. The van der Waals surface area contributed by atoms with Gasteiger partial charge >= 0.3 is 0 Å². The highest BCUT2D eigenvalue weighted by atomic mass is 32.2. The van der Waals surface area contributed by atoms with Gasteiger partial charge in [-0.25, -0.2) is 22.8 Å². The molecule has 2 aliphatic rings. The first kappa shape index (κ1) is 21.9. The molecule has 10 heteroatoms. The average Bonchev–Trinajstić information content (AvgIpc) is 3.59. The van der Waals surface area contributed by atoms with Gasteiger partial charge in [0.2, 0.25) is 0 Å². The number of nitrogens with zero attached hydrogens (tertiary/aromatic N) is 3. The molecule has 2 fully saturated rings. The van der Waals surface area contributed by atoms with E-state index in [2.05, 4.69) is 9.97 Å². The van der Waals surface area contributed by atoms with Crippen molar-refractivity contribution < 1.29 is 26.8 Å². The first-order valence-electron chi connectivity index (χ1n) is 11.1. The number of fused-ring (bicyclic) bond motifs is 3. The minimum absolute atomic E-state index is 0.0183. The summed E-state index contributed by atoms with van der Waals surface area (Å²) in [6, 6.07) is 12.6. The number of rotatable bonds is 4. The number of hydrogen-bond donors (Lipinski definition) is 0. The SMILES string of the molecule is CS(=O)(=O)c1ccc(-c2cc3ncnc(-c4cccc(C(=O)N5C[C@@H]6C[C@H]5CO6)c4F)c3o2)cc1. The molecule has 2 aromatic carbocycles. The van der Waals surface area contributed by atoms with E-state index in [9.17, 15) is 13.2 Å². The van der Waals surface area contributed by atoms with Crippen molar-refractivity contribution in [2.45, 2.75) is 23.5 Å². The molecular formula is C25H20FN3O5S. The Labute approximate surface area is 200 Å². The van der Waals surface area contributed by atoms with Crippen LogP contribution in [-0.2, 0) is 14.6 Å². The lowest BCUT2D eigenvalue weighted by atomic mass is 10.0. The van der Waals surface area contributed by atoms with Crippen molar-refractivity contribution in [2.24, 2.45) is 0 Å². The van der Waals surface area contributed by atoms with E-state index in [1.807, 2.05) is 0 Å². The number of sulfone groups is 1. The van der Waals surface area contributed by atoms with Crippen LogP contribution in [0, 0.1) is 5.82 Å². The lowest BCUT2D eigenvalue weighted by Crippen LogP contribution is -2.41. The number of ether oxygens (including phenoxy) is 1. The Morgan fingerprint density at radius 2 is 1.94 bits per heavy atom. The fourth-order valence-electron chi connectivity index (χ4n) is 4.74. The maximum absolute atomic E-state index is 15.7. The Morgan fingerprint density at radius 1 is 1.14 bits per heavy atom. The molecule has 0 unspecified atom stereocenters. The zero-order valence-corrected chi connectivity index (χ0v) is 19.5. The van der Waals surface area contributed by atoms with Gasteiger partial charge in [0, 0.05) is 30.0 Å². The topological polar surface area (TPSA) is 103 Å². The molecule has 0 aliphatic carbocycles. The summed E-state index contributed by atoms with van der Waals surface area (Å²) in [5.41, 5.74) is 1.71. The number of benzene rings is 2. The highest BCUT2D eigenvalue weighted by Gasteiger charge is 2.42. The zero-order valence-electron chi connectivity index (χ0n) is 18.6. The molecule has 1 amide bonds. The minimum Gasteiger partial charge on any atom is -0.452 e. The van der Waals surface area contributed by atoms with Crippen LogP contribution in [0.15, 0.2) is 64.2 Å². The molecule has 0 spiro atoms. The van der Waals surface area contributed by atoms with Crippen LogP contribution in [-0.4, -0.2) is 60.7 Å². The Bertz CT molecular complexity index is 1580. The standard InChI is InChI=1S/C25H20FN3O5S/c1-35(31,32)17-7-5-14(6-8-17)21-10-20-24(34-21)23(28-13-27-20)18-3-2-4-19(22(18)26)25(30)29-11-16-9-15(29)12-33-16/h2-8,10,13,15-16H,9,11-12H2,1H3/t15-,16-/m0/s1. The van der Waals surface area contributed by atoms with Crippen molar-refractivity contribution in [3.05, 3.63) is 66.2 Å². The smallest absolute Gasteiger partial charge is 0.257 e. The normalized spacial score (nSPS) is 19.5. The first-order chi connectivity index (χ1) is 16.8. The van der Waals surface area contributed by atoms with Crippen LogP contribution in [0.1, 0.15) is 16.8 Å². The lowest BCUT2D eigenvalue weighted by Gasteiger charge is -2.27. The van der Waals surface area contributed by atoms with Crippen LogP contribution >= 0.6 is 0 Å². The molecule has 178 valence electrons. The Kier molecular flexibility index (Phi) is 4.97. The van der Waals surface area contributed by atoms with Crippen molar-refractivity contribution in [2.75, 3.05) is 19.4 Å². The van der Waals surface area contributed by atoms with Gasteiger partial charge in [0.1, 0.15) is 29.1 Å². The van der Waals surface area contributed by atoms with Gasteiger partial charge in [0.25, 0.3) is 5.91 Å². The van der Waals surface area contributed by atoms with Gasteiger partial charge in [0.05, 0.1) is 29.2 Å². The lowest BCUT2D eigenvalue weighted by molar-refractivity contribution is 0.0256. The number of furan rings is 1. The number of amides is 1. The van der Waals surface area contributed by atoms with E-state index in [0.29, 0.717) is 30.0 Å². The van der Waals surface area contributed by atoms with Gasteiger partial charge in [-0.3, -0.25) is 4.79 Å². The van der Waals surface area contributed by atoms with Gasteiger partial charge in [-0.2, -0.15) is 0 Å². The number of hydrogen-bond acceptors (Lipinski definition) is 7. The molecule has 2 aliphatic heterocycles. The third-order valence-corrected chi connectivity index (χ3v) is 7.65. The number of halogens is 1. The van der Waals surface area contributed by atoms with E-state index in [1.165, 1.54) is 24.5 Å². The minimum atomic E-state index is -3.33. The molecule has 2 saturated heterocycles. The highest BCUT2D eigenvalue weighted by Crippen LogP contribution is 2.35. The molecule has 0 N–H and O–H groups in total. The van der Waals surface area contributed by atoms with Crippen LogP contribution < -0.4 is 0 Å². The predicted molar refractivity (Wildman–Crippen MR) is 125 cm³/mol. The average molecular weight is 494 g/mol. The first-order valence-corrected chi connectivity index (χ1v) is 13.0. The van der Waals surface area contributed by atoms with E-state index in [0.717, 1.165) is 12.7 Å². The van der Waals surface area contributed by atoms with Crippen molar-refractivity contribution in [1.82, 2.24) is 14.9 Å². The summed E-state index contributed by atoms with van der Waals surface area (Å²) in [7, 11) is -3.33. The summed E-state index contributed by atoms with van der Waals surface area (Å²) >= 11 is 0. The van der Waals surface area contributed by atoms with Crippen molar-refractivity contribution in [3.63, 3.8) is 0 Å². The fourth-order valence-corrected chi connectivity index (χ4v) is 5.37. The number of carbonyl (C=O) groups excluding carboxylic acids is 1. The second-order valence-electron chi connectivity index (χ2n) is 8.81. The summed E-state index contributed by atoms with van der Waals surface area (Å²) in [6.07, 6.45) is 3.25. The van der Waals surface area contributed by atoms with Crippen molar-refractivity contribution in [1.29, 1.82) is 0 Å². The summed E-state index contributed by atoms with van der Waals surface area (Å²) in [5.74, 6) is -0.601. The Hall–Kier alpha value is -3.63. The molecule has 2 bridgehead atoms. The van der Waals surface area contributed by atoms with Crippen molar-refractivity contribution >= 4 is 26.8 Å². The summed E-state index contributed by atoms with van der Waals surface area (Å²) < 4.78 is 50.7. The molecule has 8 nitrogen and oxygen atoms in total. The fraction of sp³-hybridized carbons (Fsp3) is 0.240. The molecule has 2 aromatic heterocycles. The van der Waals surface area contributed by atoms with Gasteiger partial charge in [-0.1, -0.05) is 6.07 Å². The van der Waals surface area contributed by atoms with Crippen LogP contribution in [0.4, 0.5) is 4.39 Å². The van der Waals surface area contributed by atoms with Gasteiger partial charge < -0.3 is 14.1 Å². The van der Waals surface area contributed by atoms with Crippen molar-refractivity contribution in [3.8, 4) is 22.6 Å². The maximum atomic E-state index is 15.7. The largest absolute Gasteiger partial charge is 0.452 e. The molecule has 4 heterocycles. The van der Waals surface area contributed by atoms with Gasteiger partial charge in [0.15, 0.2) is 15.4 Å². The molecule has 35 heavy (non-hydrogen) atoms. The van der Waals surface area contributed by atoms with E-state index >= 15 is 4.39 Å². The van der Waals surface area contributed by atoms with Crippen LogP contribution in [0.5, 0.6) is 0 Å². The number of aromatic nitrogens is 2. The second kappa shape index (κ2) is 7.96. The number of carbonyl (C=O) groups is 1. The van der Waals surface area contributed by atoms with E-state index < -0.39 is 15.7 Å². The quantitative estimate of drug-likeness (QED) is 0.427. The van der Waals surface area contributed by atoms with Gasteiger partial charge in [-0.15, -0.1) is 0 Å². The monoisotopic (exact) mass is 493 g/mol. The Balaban J connectivity index is 1.39. The molecule has 6 rings (SSSR count). The maximum Gasteiger partial charge on any atom is 0.257 e. The van der Waals surface area contributed by atoms with E-state index in [1.54, 1.807) is 35.2 Å². The third kappa shape index (κ3) is 3.69.